The fourth-order valence-corrected chi connectivity index (χ4v) is 2.06. The molecule has 5 heteroatoms. The van der Waals surface area contributed by atoms with Crippen molar-refractivity contribution in [3.8, 4) is 0 Å². The Hall–Kier alpha value is -1.65. The summed E-state index contributed by atoms with van der Waals surface area (Å²) in [6, 6.07) is 0. The van der Waals surface area contributed by atoms with Crippen molar-refractivity contribution < 1.29 is 4.79 Å². The average Bonchev–Trinajstić information content (AvgIpc) is 2.45. The summed E-state index contributed by atoms with van der Waals surface area (Å²) < 4.78 is 0. The molecule has 0 bridgehead atoms. The van der Waals surface area contributed by atoms with Crippen molar-refractivity contribution in [1.82, 2.24) is 15.3 Å². The van der Waals surface area contributed by atoms with Gasteiger partial charge in [-0.3, -0.25) is 9.78 Å². The first-order valence-electron chi connectivity index (χ1n) is 6.99. The molecular formula is C14H24N4O. The van der Waals surface area contributed by atoms with Crippen LogP contribution in [0, 0.1) is 0 Å². The minimum atomic E-state index is -0.155. The summed E-state index contributed by atoms with van der Waals surface area (Å²) in [7, 11) is 0. The lowest BCUT2D eigenvalue weighted by atomic mass is 9.89. The number of amides is 1. The van der Waals surface area contributed by atoms with E-state index < -0.39 is 0 Å². The summed E-state index contributed by atoms with van der Waals surface area (Å²) >= 11 is 0. The van der Waals surface area contributed by atoms with E-state index in [4.69, 9.17) is 0 Å². The van der Waals surface area contributed by atoms with Gasteiger partial charge in [0.2, 0.25) is 0 Å². The zero-order valence-corrected chi connectivity index (χ0v) is 12.3. The standard InChI is InChI=1S/C14H24N4O/c1-5-14(6-2,7-3)18-13(19)11-9-15-10-12(17-11)16-8-4/h9-10H,5-8H2,1-4H3,(H,16,17)(H,18,19). The maximum atomic E-state index is 12.3. The first-order chi connectivity index (χ1) is 9.10. The Morgan fingerprint density at radius 3 is 2.32 bits per heavy atom. The van der Waals surface area contributed by atoms with Gasteiger partial charge in [0.05, 0.1) is 12.4 Å². The van der Waals surface area contributed by atoms with Gasteiger partial charge in [0, 0.05) is 12.1 Å². The van der Waals surface area contributed by atoms with Gasteiger partial charge < -0.3 is 10.6 Å². The number of rotatable bonds is 7. The normalized spacial score (nSPS) is 11.2. The first-order valence-corrected chi connectivity index (χ1v) is 6.99. The number of carbonyl (C=O) groups is 1. The Morgan fingerprint density at radius 2 is 1.79 bits per heavy atom. The molecule has 0 aliphatic carbocycles. The molecule has 0 aliphatic rings. The van der Waals surface area contributed by atoms with E-state index in [1.807, 2.05) is 6.92 Å². The van der Waals surface area contributed by atoms with Crippen LogP contribution in [0.2, 0.25) is 0 Å². The Kier molecular flexibility index (Phi) is 5.73. The van der Waals surface area contributed by atoms with Crippen LogP contribution in [0.1, 0.15) is 57.4 Å². The second-order valence-corrected chi connectivity index (χ2v) is 4.61. The third-order valence-electron chi connectivity index (χ3n) is 3.63. The van der Waals surface area contributed by atoms with Gasteiger partial charge in [-0.15, -0.1) is 0 Å². The van der Waals surface area contributed by atoms with E-state index in [0.29, 0.717) is 11.5 Å². The van der Waals surface area contributed by atoms with Gasteiger partial charge >= 0.3 is 0 Å². The summed E-state index contributed by atoms with van der Waals surface area (Å²) in [5.41, 5.74) is 0.214. The number of hydrogen-bond donors (Lipinski definition) is 2. The summed E-state index contributed by atoms with van der Waals surface area (Å²) in [6.45, 7) is 9.00. The van der Waals surface area contributed by atoms with Crippen LogP contribution >= 0.6 is 0 Å². The molecule has 0 aromatic carbocycles. The van der Waals surface area contributed by atoms with Crippen molar-refractivity contribution in [3.63, 3.8) is 0 Å². The molecule has 1 heterocycles. The molecule has 1 rings (SSSR count). The van der Waals surface area contributed by atoms with Gasteiger partial charge in [-0.05, 0) is 26.2 Å². The molecule has 0 saturated heterocycles. The van der Waals surface area contributed by atoms with Crippen LogP contribution in [0.25, 0.3) is 0 Å². The Morgan fingerprint density at radius 1 is 1.16 bits per heavy atom. The topological polar surface area (TPSA) is 66.9 Å². The fraction of sp³-hybridized carbons (Fsp3) is 0.643. The molecule has 5 nitrogen and oxygen atoms in total. The molecule has 0 fully saturated rings. The van der Waals surface area contributed by atoms with E-state index in [1.165, 1.54) is 6.20 Å². The van der Waals surface area contributed by atoms with Crippen LogP contribution in [0.5, 0.6) is 0 Å². The molecule has 0 unspecified atom stereocenters. The third-order valence-corrected chi connectivity index (χ3v) is 3.63. The maximum Gasteiger partial charge on any atom is 0.272 e. The van der Waals surface area contributed by atoms with Crippen molar-refractivity contribution in [2.75, 3.05) is 11.9 Å². The third kappa shape index (κ3) is 3.91. The van der Waals surface area contributed by atoms with E-state index in [0.717, 1.165) is 25.8 Å². The van der Waals surface area contributed by atoms with Crippen molar-refractivity contribution in [3.05, 3.63) is 18.1 Å². The van der Waals surface area contributed by atoms with E-state index in [-0.39, 0.29) is 11.4 Å². The molecule has 0 atom stereocenters. The quantitative estimate of drug-likeness (QED) is 0.794. The highest BCUT2D eigenvalue weighted by Crippen LogP contribution is 2.19. The van der Waals surface area contributed by atoms with E-state index in [9.17, 15) is 4.79 Å². The molecule has 0 radical (unpaired) electrons. The van der Waals surface area contributed by atoms with E-state index >= 15 is 0 Å². The molecular weight excluding hydrogens is 240 g/mol. The predicted molar refractivity (Wildman–Crippen MR) is 77.3 cm³/mol. The minimum absolute atomic E-state index is 0.146. The van der Waals surface area contributed by atoms with Gasteiger partial charge in [-0.1, -0.05) is 20.8 Å². The van der Waals surface area contributed by atoms with Crippen LogP contribution in [0.4, 0.5) is 5.82 Å². The number of hydrogen-bond acceptors (Lipinski definition) is 4. The lowest BCUT2D eigenvalue weighted by molar-refractivity contribution is 0.0882. The predicted octanol–water partition coefficient (Wildman–Crippen LogP) is 2.61. The Balaban J connectivity index is 2.85. The molecule has 106 valence electrons. The van der Waals surface area contributed by atoms with Crippen molar-refractivity contribution >= 4 is 11.7 Å². The average molecular weight is 264 g/mol. The van der Waals surface area contributed by atoms with Crippen molar-refractivity contribution in [2.24, 2.45) is 0 Å². The second kappa shape index (κ2) is 7.07. The van der Waals surface area contributed by atoms with Crippen LogP contribution in [-0.4, -0.2) is 28.0 Å². The van der Waals surface area contributed by atoms with Crippen LogP contribution in [0.15, 0.2) is 12.4 Å². The summed E-state index contributed by atoms with van der Waals surface area (Å²) in [5, 5.41) is 6.15. The number of aromatic nitrogens is 2. The van der Waals surface area contributed by atoms with Gasteiger partial charge in [-0.2, -0.15) is 0 Å². The number of nitrogens with one attached hydrogen (secondary N) is 2. The largest absolute Gasteiger partial charge is 0.369 e. The monoisotopic (exact) mass is 264 g/mol. The summed E-state index contributed by atoms with van der Waals surface area (Å²) in [4.78, 5) is 20.6. The van der Waals surface area contributed by atoms with Gasteiger partial charge in [0.25, 0.3) is 5.91 Å². The highest BCUT2D eigenvalue weighted by Gasteiger charge is 2.26. The lowest BCUT2D eigenvalue weighted by Crippen LogP contribution is -2.47. The van der Waals surface area contributed by atoms with E-state index in [2.05, 4.69) is 41.4 Å². The van der Waals surface area contributed by atoms with Crippen molar-refractivity contribution in [2.45, 2.75) is 52.5 Å². The van der Waals surface area contributed by atoms with Crippen LogP contribution in [0.3, 0.4) is 0 Å². The molecule has 1 aromatic heterocycles. The Bertz CT molecular complexity index is 407. The number of anilines is 1. The zero-order valence-electron chi connectivity index (χ0n) is 12.3. The highest BCUT2D eigenvalue weighted by atomic mass is 16.2. The Labute approximate surface area is 115 Å². The first kappa shape index (κ1) is 15.4. The molecule has 0 aliphatic heterocycles. The number of nitrogens with zero attached hydrogens (tertiary/aromatic N) is 2. The smallest absolute Gasteiger partial charge is 0.272 e. The SMILES string of the molecule is CCNc1cncc(C(=O)NC(CC)(CC)CC)n1. The molecule has 0 saturated carbocycles. The van der Waals surface area contributed by atoms with Crippen molar-refractivity contribution in [1.29, 1.82) is 0 Å². The van der Waals surface area contributed by atoms with Gasteiger partial charge in [0.15, 0.2) is 0 Å². The molecule has 1 aromatic rings. The van der Waals surface area contributed by atoms with Crippen LogP contribution in [-0.2, 0) is 0 Å². The summed E-state index contributed by atoms with van der Waals surface area (Å²) in [5.74, 6) is 0.475. The minimum Gasteiger partial charge on any atom is -0.369 e. The van der Waals surface area contributed by atoms with Gasteiger partial charge in [0.1, 0.15) is 11.5 Å². The number of carbonyl (C=O) groups excluding carboxylic acids is 1. The molecule has 2 N–H and O–H groups in total. The molecule has 0 spiro atoms. The van der Waals surface area contributed by atoms with Crippen LogP contribution < -0.4 is 10.6 Å². The summed E-state index contributed by atoms with van der Waals surface area (Å²) in [6.07, 6.45) is 5.85. The molecule has 19 heavy (non-hydrogen) atoms. The van der Waals surface area contributed by atoms with Gasteiger partial charge in [-0.25, -0.2) is 4.98 Å². The molecule has 1 amide bonds. The zero-order chi connectivity index (χ0) is 14.3. The lowest BCUT2D eigenvalue weighted by Gasteiger charge is -2.31. The van der Waals surface area contributed by atoms with E-state index in [1.54, 1.807) is 6.20 Å². The second-order valence-electron chi connectivity index (χ2n) is 4.61. The maximum absolute atomic E-state index is 12.3. The fourth-order valence-electron chi connectivity index (χ4n) is 2.06. The highest BCUT2D eigenvalue weighted by molar-refractivity contribution is 5.92.